The summed E-state index contributed by atoms with van der Waals surface area (Å²) in [7, 11) is -3.76. The second-order valence-corrected chi connectivity index (χ2v) is 11.3. The van der Waals surface area contributed by atoms with Crippen molar-refractivity contribution in [2.24, 2.45) is 16.7 Å². The van der Waals surface area contributed by atoms with Crippen LogP contribution in [-0.2, 0) is 10.0 Å². The number of benzene rings is 1. The molecule has 3 fully saturated rings. The second-order valence-electron chi connectivity index (χ2n) is 9.56. The van der Waals surface area contributed by atoms with Crippen LogP contribution >= 0.6 is 0 Å². The van der Waals surface area contributed by atoms with Crippen molar-refractivity contribution in [3.05, 3.63) is 29.1 Å². The standard InChI is InChI=1S/C21H28FNO4S/c1-20(2)13-7-8-21(20,3)18(9-13)27-17-11-16(22)15(10-14(17)12-5-6-12)19(24)23-28(4,25)26/h10-13,18H,5-9H2,1-4H3,(H,23,24). The van der Waals surface area contributed by atoms with Gasteiger partial charge in [0.15, 0.2) is 0 Å². The van der Waals surface area contributed by atoms with E-state index in [-0.39, 0.29) is 28.4 Å². The monoisotopic (exact) mass is 409 g/mol. The fourth-order valence-electron chi connectivity index (χ4n) is 5.25. The summed E-state index contributed by atoms with van der Waals surface area (Å²) < 4.78 is 45.7. The van der Waals surface area contributed by atoms with Crippen LogP contribution in [-0.4, -0.2) is 26.7 Å². The lowest BCUT2D eigenvalue weighted by Crippen LogP contribution is -2.39. The highest BCUT2D eigenvalue weighted by molar-refractivity contribution is 7.89. The highest BCUT2D eigenvalue weighted by atomic mass is 32.2. The molecule has 7 heteroatoms. The summed E-state index contributed by atoms with van der Waals surface area (Å²) in [5.41, 5.74) is 0.787. The first kappa shape index (κ1) is 19.7. The van der Waals surface area contributed by atoms with Gasteiger partial charge in [0.2, 0.25) is 10.0 Å². The molecule has 4 rings (SSSR count). The third-order valence-corrected chi connectivity index (χ3v) is 8.18. The van der Waals surface area contributed by atoms with Gasteiger partial charge in [0.1, 0.15) is 17.7 Å². The van der Waals surface area contributed by atoms with Crippen LogP contribution in [0.25, 0.3) is 0 Å². The third-order valence-electron chi connectivity index (χ3n) is 7.62. The van der Waals surface area contributed by atoms with E-state index >= 15 is 0 Å². The Bertz CT molecular complexity index is 938. The Balaban J connectivity index is 1.65. The molecule has 154 valence electrons. The van der Waals surface area contributed by atoms with Gasteiger partial charge in [-0.05, 0) is 61.0 Å². The fourth-order valence-corrected chi connectivity index (χ4v) is 5.69. The molecular weight excluding hydrogens is 381 g/mol. The first-order valence-electron chi connectivity index (χ1n) is 9.94. The van der Waals surface area contributed by atoms with E-state index in [0.717, 1.165) is 37.5 Å². The molecule has 0 aromatic heterocycles. The van der Waals surface area contributed by atoms with Crippen LogP contribution in [0.5, 0.6) is 5.75 Å². The van der Waals surface area contributed by atoms with Crippen LogP contribution < -0.4 is 9.46 Å². The highest BCUT2D eigenvalue weighted by Crippen LogP contribution is 2.66. The molecule has 3 aliphatic rings. The molecule has 1 N–H and O–H groups in total. The lowest BCUT2D eigenvalue weighted by atomic mass is 9.70. The van der Waals surface area contributed by atoms with Gasteiger partial charge in [0.05, 0.1) is 11.8 Å². The average molecular weight is 410 g/mol. The van der Waals surface area contributed by atoms with Gasteiger partial charge in [-0.3, -0.25) is 4.79 Å². The number of fused-ring (bicyclic) bond motifs is 2. The van der Waals surface area contributed by atoms with Crippen LogP contribution in [0.3, 0.4) is 0 Å². The van der Waals surface area contributed by atoms with E-state index < -0.39 is 21.7 Å². The molecule has 0 spiro atoms. The van der Waals surface area contributed by atoms with Crippen LogP contribution in [0, 0.1) is 22.6 Å². The van der Waals surface area contributed by atoms with Crippen LogP contribution in [0.4, 0.5) is 4.39 Å². The molecule has 3 atom stereocenters. The Morgan fingerprint density at radius 1 is 1.21 bits per heavy atom. The van der Waals surface area contributed by atoms with Crippen molar-refractivity contribution >= 4 is 15.9 Å². The molecular formula is C21H28FNO4S. The number of carbonyl (C=O) groups is 1. The first-order valence-corrected chi connectivity index (χ1v) is 11.8. The summed E-state index contributed by atoms with van der Waals surface area (Å²) in [5.74, 6) is -0.351. The fraction of sp³-hybridized carbons (Fsp3) is 0.667. The minimum atomic E-state index is -3.76. The van der Waals surface area contributed by atoms with E-state index in [1.807, 2.05) is 4.72 Å². The molecule has 2 bridgehead atoms. The van der Waals surface area contributed by atoms with Gasteiger partial charge < -0.3 is 4.74 Å². The Hall–Kier alpha value is -1.63. The first-order chi connectivity index (χ1) is 12.9. The normalized spacial score (nSPS) is 31.0. The Morgan fingerprint density at radius 2 is 1.89 bits per heavy atom. The predicted molar refractivity (Wildman–Crippen MR) is 104 cm³/mol. The molecule has 0 radical (unpaired) electrons. The van der Waals surface area contributed by atoms with E-state index in [4.69, 9.17) is 4.74 Å². The van der Waals surface area contributed by atoms with Gasteiger partial charge in [0.25, 0.3) is 5.91 Å². The number of hydrogen-bond acceptors (Lipinski definition) is 4. The molecule has 1 aromatic rings. The van der Waals surface area contributed by atoms with Crippen molar-refractivity contribution in [3.8, 4) is 5.75 Å². The maximum atomic E-state index is 14.7. The lowest BCUT2D eigenvalue weighted by molar-refractivity contribution is 0.0294. The smallest absolute Gasteiger partial charge is 0.267 e. The Kier molecular flexibility index (Phi) is 4.34. The average Bonchev–Trinajstić information content (AvgIpc) is 3.34. The van der Waals surface area contributed by atoms with Gasteiger partial charge in [-0.2, -0.15) is 0 Å². The maximum Gasteiger partial charge on any atom is 0.267 e. The molecule has 0 saturated heterocycles. The SMILES string of the molecule is CC1(C)C2CCC1(C)C(Oc1cc(F)c(C(=O)NS(C)(=O)=O)cc1C1CC1)C2. The number of halogens is 1. The number of carbonyl (C=O) groups excluding carboxylic acids is 1. The van der Waals surface area contributed by atoms with Crippen molar-refractivity contribution in [1.29, 1.82) is 0 Å². The van der Waals surface area contributed by atoms with Gasteiger partial charge in [-0.1, -0.05) is 20.8 Å². The number of rotatable bonds is 5. The molecule has 3 aliphatic carbocycles. The van der Waals surface area contributed by atoms with Gasteiger partial charge in [-0.25, -0.2) is 17.5 Å². The van der Waals surface area contributed by atoms with E-state index in [1.165, 1.54) is 18.6 Å². The third kappa shape index (κ3) is 3.11. The summed E-state index contributed by atoms with van der Waals surface area (Å²) >= 11 is 0. The second kappa shape index (κ2) is 6.18. The number of amides is 1. The van der Waals surface area contributed by atoms with Gasteiger partial charge >= 0.3 is 0 Å². The molecule has 3 unspecified atom stereocenters. The van der Waals surface area contributed by atoms with Crippen molar-refractivity contribution in [2.45, 2.75) is 64.9 Å². The topological polar surface area (TPSA) is 72.5 Å². The van der Waals surface area contributed by atoms with Gasteiger partial charge in [0, 0.05) is 11.5 Å². The maximum absolute atomic E-state index is 14.7. The van der Waals surface area contributed by atoms with Crippen LogP contribution in [0.2, 0.25) is 0 Å². The zero-order valence-electron chi connectivity index (χ0n) is 16.8. The summed E-state index contributed by atoms with van der Waals surface area (Å²) in [6, 6.07) is 2.75. The molecule has 3 saturated carbocycles. The zero-order valence-corrected chi connectivity index (χ0v) is 17.7. The quantitative estimate of drug-likeness (QED) is 0.798. The Labute approximate surface area is 166 Å². The number of ether oxygens (including phenoxy) is 1. The predicted octanol–water partition coefficient (Wildman–Crippen LogP) is 3.99. The lowest BCUT2D eigenvalue weighted by Gasteiger charge is -2.39. The van der Waals surface area contributed by atoms with Crippen molar-refractivity contribution in [1.82, 2.24) is 4.72 Å². The van der Waals surface area contributed by atoms with E-state index in [9.17, 15) is 17.6 Å². The van der Waals surface area contributed by atoms with Crippen LogP contribution in [0.1, 0.15) is 74.7 Å². The summed E-state index contributed by atoms with van der Waals surface area (Å²) in [6.07, 6.45) is 6.10. The molecule has 1 aromatic carbocycles. The van der Waals surface area contributed by atoms with Crippen molar-refractivity contribution in [2.75, 3.05) is 6.26 Å². The summed E-state index contributed by atoms with van der Waals surface area (Å²) in [4.78, 5) is 12.2. The van der Waals surface area contributed by atoms with Crippen molar-refractivity contribution < 1.29 is 22.3 Å². The Morgan fingerprint density at radius 3 is 2.39 bits per heavy atom. The van der Waals surface area contributed by atoms with E-state index in [1.54, 1.807) is 0 Å². The van der Waals surface area contributed by atoms with Gasteiger partial charge in [-0.15, -0.1) is 0 Å². The molecule has 5 nitrogen and oxygen atoms in total. The minimum Gasteiger partial charge on any atom is -0.489 e. The minimum absolute atomic E-state index is 0.0221. The molecule has 28 heavy (non-hydrogen) atoms. The van der Waals surface area contributed by atoms with Crippen molar-refractivity contribution in [3.63, 3.8) is 0 Å². The number of nitrogens with one attached hydrogen (secondary N) is 1. The van der Waals surface area contributed by atoms with Crippen LogP contribution in [0.15, 0.2) is 12.1 Å². The molecule has 0 aliphatic heterocycles. The van der Waals surface area contributed by atoms with E-state index in [0.29, 0.717) is 11.7 Å². The highest BCUT2D eigenvalue weighted by Gasteiger charge is 2.62. The summed E-state index contributed by atoms with van der Waals surface area (Å²) in [6.45, 7) is 6.87. The number of hydrogen-bond donors (Lipinski definition) is 1. The summed E-state index contributed by atoms with van der Waals surface area (Å²) in [5, 5.41) is 0. The number of sulfonamides is 1. The zero-order chi connectivity index (χ0) is 20.5. The van der Waals surface area contributed by atoms with E-state index in [2.05, 4.69) is 20.8 Å². The molecule has 0 heterocycles. The molecule has 1 amide bonds. The largest absolute Gasteiger partial charge is 0.489 e.